The Hall–Kier alpha value is -0.870. The van der Waals surface area contributed by atoms with Crippen molar-refractivity contribution in [3.8, 4) is 0 Å². The molecule has 0 amide bonds. The minimum absolute atomic E-state index is 0.306. The Kier molecular flexibility index (Phi) is 0.748. The minimum Gasteiger partial charge on any atom is -0.389 e. The molecule has 1 N–H and O–H groups in total. The summed E-state index contributed by atoms with van der Waals surface area (Å²) in [5.74, 6) is -0.586. The van der Waals surface area contributed by atoms with Crippen LogP contribution in [0, 0.1) is 0 Å². The van der Waals surface area contributed by atoms with Crippen molar-refractivity contribution < 1.29 is 14.7 Å². The number of hydrogen-bond acceptors (Lipinski definition) is 4. The topological polar surface area (TPSA) is 49.2 Å². The van der Waals surface area contributed by atoms with Crippen LogP contribution in [0.2, 0.25) is 5.28 Å². The highest BCUT2D eigenvalue weighted by molar-refractivity contribution is 6.28. The van der Waals surface area contributed by atoms with E-state index in [1.807, 2.05) is 0 Å². The van der Waals surface area contributed by atoms with Gasteiger partial charge in [-0.2, -0.15) is 0 Å². The summed E-state index contributed by atoms with van der Waals surface area (Å²) >= 11 is 5.50. The van der Waals surface area contributed by atoms with Crippen LogP contribution in [0.5, 0.6) is 0 Å². The first-order valence-electron chi connectivity index (χ1n) is 6.48. The van der Waals surface area contributed by atoms with Crippen molar-refractivity contribution in [2.24, 2.45) is 0 Å². The van der Waals surface area contributed by atoms with Crippen LogP contribution in [0.25, 0.3) is 0 Å². The SMILES string of the molecule is [2H]c1nc(Cl)nc(N2C([2H])([2H])C([2H])(O)C2([2H])[2H])c1[2H]. The molecule has 2 heterocycles. The second-order valence-corrected chi connectivity index (χ2v) is 2.30. The maximum atomic E-state index is 9.52. The fourth-order valence-electron chi connectivity index (χ4n) is 0.688. The molecule has 0 unspecified atom stereocenters. The summed E-state index contributed by atoms with van der Waals surface area (Å²) < 4.78 is 52.3. The quantitative estimate of drug-likeness (QED) is 0.651. The van der Waals surface area contributed by atoms with Crippen molar-refractivity contribution in [3.05, 3.63) is 17.5 Å². The molecule has 0 spiro atoms. The number of hydrogen-bond donors (Lipinski definition) is 1. The smallest absolute Gasteiger partial charge is 0.224 e. The van der Waals surface area contributed by atoms with Crippen LogP contribution in [-0.4, -0.2) is 34.1 Å². The van der Waals surface area contributed by atoms with Crippen molar-refractivity contribution in [1.82, 2.24) is 9.97 Å². The number of β-amino-alcohol motifs (C(OH)–C–C–N with tert-alkyl or cyclic N) is 1. The van der Waals surface area contributed by atoms with Gasteiger partial charge in [-0.1, -0.05) is 0 Å². The van der Waals surface area contributed by atoms with Crippen LogP contribution in [0.3, 0.4) is 0 Å². The zero-order chi connectivity index (χ0) is 14.8. The molecule has 12 heavy (non-hydrogen) atoms. The van der Waals surface area contributed by atoms with Gasteiger partial charge in [-0.25, -0.2) is 9.97 Å². The molecular weight excluding hydrogens is 178 g/mol. The van der Waals surface area contributed by atoms with Gasteiger partial charge in [0.25, 0.3) is 0 Å². The summed E-state index contributed by atoms with van der Waals surface area (Å²) in [4.78, 5) is 7.18. The molecule has 5 heteroatoms. The summed E-state index contributed by atoms with van der Waals surface area (Å²) in [6.07, 6.45) is -3.64. The number of nitrogens with zero attached hydrogens (tertiary/aromatic N) is 3. The Morgan fingerprint density at radius 2 is 2.67 bits per heavy atom. The van der Waals surface area contributed by atoms with Crippen LogP contribution in [0.4, 0.5) is 5.82 Å². The van der Waals surface area contributed by atoms with E-state index in [0.29, 0.717) is 4.90 Å². The van der Waals surface area contributed by atoms with Gasteiger partial charge in [-0.05, 0) is 17.6 Å². The maximum absolute atomic E-state index is 9.52. The molecular formula is C7H8ClN3O. The van der Waals surface area contributed by atoms with E-state index in [0.717, 1.165) is 0 Å². The zero-order valence-electron chi connectivity index (χ0n) is 12.7. The highest BCUT2D eigenvalue weighted by Gasteiger charge is 2.25. The van der Waals surface area contributed by atoms with E-state index in [9.17, 15) is 5.11 Å². The van der Waals surface area contributed by atoms with Gasteiger partial charge in [0.1, 0.15) is 5.82 Å². The van der Waals surface area contributed by atoms with Gasteiger partial charge in [0.05, 0.1) is 15.7 Å². The summed E-state index contributed by atoms with van der Waals surface area (Å²) in [6, 6.07) is -0.646. The molecule has 1 aliphatic heterocycles. The van der Waals surface area contributed by atoms with Crippen molar-refractivity contribution >= 4 is 17.4 Å². The van der Waals surface area contributed by atoms with Crippen LogP contribution in [0.15, 0.2) is 12.2 Å². The standard InChI is InChI=1S/C7H8ClN3O/c8-7-9-2-1-6(10-7)11-3-5(12)4-11/h1-2,5,12H,3-4H2/i1D,2D,3D2,4D2,5D. The summed E-state index contributed by atoms with van der Waals surface area (Å²) in [6.45, 7) is -5.65. The molecule has 1 fully saturated rings. The first kappa shape index (κ1) is 3.12. The predicted molar refractivity (Wildman–Crippen MR) is 45.3 cm³/mol. The second kappa shape index (κ2) is 2.88. The molecule has 1 aromatic heterocycles. The molecule has 64 valence electrons. The average Bonchev–Trinajstić information content (AvgIpc) is 2.23. The van der Waals surface area contributed by atoms with Gasteiger partial charge in [-0.15, -0.1) is 0 Å². The van der Waals surface area contributed by atoms with E-state index < -0.39 is 42.4 Å². The molecule has 0 aliphatic carbocycles. The third-order valence-electron chi connectivity index (χ3n) is 1.16. The summed E-state index contributed by atoms with van der Waals surface area (Å²) in [5.41, 5.74) is 0. The molecule has 4 nitrogen and oxygen atoms in total. The number of halogens is 1. The molecule has 0 aromatic carbocycles. The van der Waals surface area contributed by atoms with E-state index >= 15 is 0 Å². The highest BCUT2D eigenvalue weighted by atomic mass is 35.5. The lowest BCUT2D eigenvalue weighted by molar-refractivity contribution is 0.141. The Labute approximate surface area is 84.7 Å². The van der Waals surface area contributed by atoms with E-state index in [1.54, 1.807) is 0 Å². The largest absolute Gasteiger partial charge is 0.389 e. The number of anilines is 1. The summed E-state index contributed by atoms with van der Waals surface area (Å²) in [7, 11) is 0. The fraction of sp³-hybridized carbons (Fsp3) is 0.429. The molecule has 0 saturated carbocycles. The Bertz CT molecular complexity index is 534. The molecule has 1 saturated heterocycles. The zero-order valence-corrected chi connectivity index (χ0v) is 6.42. The molecule has 0 atom stereocenters. The highest BCUT2D eigenvalue weighted by Crippen LogP contribution is 2.18. The molecule has 0 bridgehead atoms. The van der Waals surface area contributed by atoms with Gasteiger partial charge in [0.15, 0.2) is 0 Å². The molecule has 0 radical (unpaired) electrons. The second-order valence-electron chi connectivity index (χ2n) is 1.96. The predicted octanol–water partition coefficient (Wildman–Crippen LogP) is 0.311. The van der Waals surface area contributed by atoms with Gasteiger partial charge >= 0.3 is 0 Å². The average molecular weight is 193 g/mol. The van der Waals surface area contributed by atoms with Crippen molar-refractivity contribution in [2.75, 3.05) is 17.9 Å². The van der Waals surface area contributed by atoms with Crippen LogP contribution >= 0.6 is 11.6 Å². The van der Waals surface area contributed by atoms with Gasteiger partial charge < -0.3 is 10.0 Å². The van der Waals surface area contributed by atoms with Crippen molar-refractivity contribution in [1.29, 1.82) is 0 Å². The molecule has 1 aromatic rings. The third kappa shape index (κ3) is 1.35. The lowest BCUT2D eigenvalue weighted by atomic mass is 10.2. The number of aromatic nitrogens is 2. The first-order chi connectivity index (χ1) is 8.44. The van der Waals surface area contributed by atoms with Crippen LogP contribution in [0.1, 0.15) is 9.60 Å². The van der Waals surface area contributed by atoms with E-state index in [2.05, 4.69) is 9.97 Å². The van der Waals surface area contributed by atoms with Gasteiger partial charge in [0.2, 0.25) is 5.28 Å². The first-order valence-corrected chi connectivity index (χ1v) is 3.36. The van der Waals surface area contributed by atoms with E-state index in [1.165, 1.54) is 0 Å². The van der Waals surface area contributed by atoms with Gasteiger partial charge in [0, 0.05) is 19.2 Å². The number of aliphatic hydroxyl groups is 1. The van der Waals surface area contributed by atoms with Crippen LogP contribution < -0.4 is 4.90 Å². The third-order valence-corrected chi connectivity index (χ3v) is 1.33. The Morgan fingerprint density at radius 3 is 3.42 bits per heavy atom. The van der Waals surface area contributed by atoms with Crippen LogP contribution in [-0.2, 0) is 0 Å². The normalized spacial score (nSPS) is 37.2. The number of rotatable bonds is 1. The Balaban J connectivity index is 2.61. The van der Waals surface area contributed by atoms with E-state index in [-0.39, 0.29) is 0 Å². The maximum Gasteiger partial charge on any atom is 0.224 e. The lowest BCUT2D eigenvalue weighted by Crippen LogP contribution is -2.51. The van der Waals surface area contributed by atoms with Gasteiger partial charge in [-0.3, -0.25) is 0 Å². The molecule has 1 aliphatic rings. The monoisotopic (exact) mass is 192 g/mol. The minimum atomic E-state index is -3.04. The van der Waals surface area contributed by atoms with Crippen molar-refractivity contribution in [2.45, 2.75) is 6.08 Å². The summed E-state index contributed by atoms with van der Waals surface area (Å²) in [5, 5.41) is 9.06. The molecule has 2 rings (SSSR count). The lowest BCUT2D eigenvalue weighted by Gasteiger charge is -2.36. The van der Waals surface area contributed by atoms with Crippen molar-refractivity contribution in [3.63, 3.8) is 0 Å². The van der Waals surface area contributed by atoms with E-state index in [4.69, 9.17) is 21.2 Å². The fourth-order valence-corrected chi connectivity index (χ4v) is 0.810. The Morgan fingerprint density at radius 1 is 1.92 bits per heavy atom.